The zero-order chi connectivity index (χ0) is 6.99. The Bertz CT molecular complexity index is 46.5. The Labute approximate surface area is 52.6 Å². The molecule has 0 saturated carbocycles. The number of nitrogens with one attached hydrogen (secondary N) is 1. The largest absolute Gasteiger partial charge is 0.617 e. The van der Waals surface area contributed by atoms with Gasteiger partial charge in [0.05, 0.1) is 12.5 Å². The van der Waals surface area contributed by atoms with Crippen molar-refractivity contribution in [2.75, 3.05) is 19.6 Å². The van der Waals surface area contributed by atoms with Gasteiger partial charge in [-0.3, -0.25) is 4.79 Å². The average molecular weight is 137 g/mol. The minimum atomic E-state index is -0.611. The Balaban J connectivity index is 0. The van der Waals surface area contributed by atoms with Crippen LogP contribution in [-0.4, -0.2) is 30.5 Å². The zero-order valence-electron chi connectivity index (χ0n) is 5.30. The summed E-state index contributed by atoms with van der Waals surface area (Å²) in [6.45, 7) is 0. The number of hydrogen-bond acceptors (Lipinski definition) is 2. The third-order valence-corrected chi connectivity index (χ3v) is 0.118. The molecule has 0 rings (SSSR count). The minimum absolute atomic E-state index is 0.611. The summed E-state index contributed by atoms with van der Waals surface area (Å²) in [5, 5.41) is 2.25. The molecule has 0 aliphatic heterocycles. The first-order chi connectivity index (χ1) is 3.65. The SMILES string of the molecule is CNC=O.C[S+](C)[O-]. The van der Waals surface area contributed by atoms with Gasteiger partial charge in [-0.15, -0.1) is 0 Å². The smallest absolute Gasteiger partial charge is 0.206 e. The van der Waals surface area contributed by atoms with Gasteiger partial charge in [-0.2, -0.15) is 0 Å². The third kappa shape index (κ3) is 217. The summed E-state index contributed by atoms with van der Waals surface area (Å²) in [5.41, 5.74) is 0. The predicted octanol–water partition coefficient (Wildman–Crippen LogP) is -0.643. The Morgan fingerprint density at radius 1 is 1.62 bits per heavy atom. The fourth-order valence-electron chi connectivity index (χ4n) is 0. The summed E-state index contributed by atoms with van der Waals surface area (Å²) in [6.07, 6.45) is 3.90. The third-order valence-electron chi connectivity index (χ3n) is 0.118. The second-order valence-corrected chi connectivity index (χ2v) is 2.63. The van der Waals surface area contributed by atoms with Gasteiger partial charge in [0.25, 0.3) is 0 Å². The second-order valence-electron chi connectivity index (χ2n) is 1.15. The molecule has 0 saturated heterocycles. The molecule has 0 aromatic rings. The van der Waals surface area contributed by atoms with Gasteiger partial charge in [0, 0.05) is 7.05 Å². The molecule has 0 aromatic heterocycles. The van der Waals surface area contributed by atoms with E-state index in [1.807, 2.05) is 0 Å². The normalized spacial score (nSPS) is 7.12. The van der Waals surface area contributed by atoms with Crippen LogP contribution in [0.15, 0.2) is 0 Å². The first kappa shape index (κ1) is 10.7. The van der Waals surface area contributed by atoms with Gasteiger partial charge in [-0.1, -0.05) is 11.2 Å². The Hall–Kier alpha value is -0.220. The van der Waals surface area contributed by atoms with Crippen LogP contribution in [-0.2, 0) is 16.0 Å². The summed E-state index contributed by atoms with van der Waals surface area (Å²) >= 11 is -0.611. The van der Waals surface area contributed by atoms with Crippen molar-refractivity contribution in [3.05, 3.63) is 0 Å². The molecular formula is C4H11NO2S. The maximum atomic E-state index is 9.56. The molecule has 0 aromatic carbocycles. The zero-order valence-corrected chi connectivity index (χ0v) is 6.12. The van der Waals surface area contributed by atoms with E-state index >= 15 is 0 Å². The van der Waals surface area contributed by atoms with E-state index in [-0.39, 0.29) is 0 Å². The van der Waals surface area contributed by atoms with Crippen LogP contribution in [0.5, 0.6) is 0 Å². The van der Waals surface area contributed by atoms with Gasteiger partial charge >= 0.3 is 0 Å². The second kappa shape index (κ2) is 9.91. The van der Waals surface area contributed by atoms with Crippen molar-refractivity contribution in [2.24, 2.45) is 0 Å². The summed E-state index contributed by atoms with van der Waals surface area (Å²) in [6, 6.07) is 0. The molecule has 1 N–H and O–H groups in total. The van der Waals surface area contributed by atoms with E-state index in [2.05, 4.69) is 5.32 Å². The molecule has 0 aliphatic rings. The van der Waals surface area contributed by atoms with Crippen molar-refractivity contribution in [1.82, 2.24) is 5.32 Å². The lowest BCUT2D eigenvalue weighted by Crippen LogP contribution is -1.98. The van der Waals surface area contributed by atoms with E-state index in [1.54, 1.807) is 19.6 Å². The van der Waals surface area contributed by atoms with Gasteiger partial charge in [0.15, 0.2) is 0 Å². The maximum Gasteiger partial charge on any atom is 0.206 e. The number of hydrogen-bond donors (Lipinski definition) is 1. The van der Waals surface area contributed by atoms with Crippen LogP contribution in [0.25, 0.3) is 0 Å². The lowest BCUT2D eigenvalue weighted by atomic mass is 11.2. The molecule has 1 amide bonds. The Morgan fingerprint density at radius 3 is 1.75 bits per heavy atom. The van der Waals surface area contributed by atoms with Crippen LogP contribution in [0, 0.1) is 0 Å². The predicted molar refractivity (Wildman–Crippen MR) is 35.1 cm³/mol. The highest BCUT2D eigenvalue weighted by Crippen LogP contribution is 1.61. The van der Waals surface area contributed by atoms with E-state index in [9.17, 15) is 4.55 Å². The van der Waals surface area contributed by atoms with Crippen LogP contribution < -0.4 is 5.32 Å². The Kier molecular flexibility index (Phi) is 13.3. The van der Waals surface area contributed by atoms with Gasteiger partial charge in [-0.25, -0.2) is 0 Å². The van der Waals surface area contributed by atoms with E-state index in [4.69, 9.17) is 4.79 Å². The van der Waals surface area contributed by atoms with Crippen LogP contribution in [0.1, 0.15) is 0 Å². The highest BCUT2D eigenvalue weighted by molar-refractivity contribution is 7.89. The lowest BCUT2D eigenvalue weighted by Gasteiger charge is -1.87. The molecule has 0 radical (unpaired) electrons. The molecule has 0 heterocycles. The standard InChI is InChI=1S/C2H5NO.C2H6OS/c1-3-2-4;1-4(2)3/h2H,1H3,(H,3,4);1-2H3. The first-order valence-electron chi connectivity index (χ1n) is 2.01. The quantitative estimate of drug-likeness (QED) is 0.386. The van der Waals surface area contributed by atoms with Crippen molar-refractivity contribution in [1.29, 1.82) is 0 Å². The molecule has 4 heteroatoms. The molecule has 0 atom stereocenters. The highest BCUT2D eigenvalue weighted by Gasteiger charge is 1.66. The highest BCUT2D eigenvalue weighted by atomic mass is 32.2. The molecule has 0 fully saturated rings. The molecule has 0 aliphatic carbocycles. The molecule has 0 spiro atoms. The van der Waals surface area contributed by atoms with Crippen molar-refractivity contribution in [2.45, 2.75) is 0 Å². The van der Waals surface area contributed by atoms with Gasteiger partial charge in [-0.05, 0) is 0 Å². The van der Waals surface area contributed by atoms with Crippen LogP contribution in [0.3, 0.4) is 0 Å². The summed E-state index contributed by atoms with van der Waals surface area (Å²) in [5.74, 6) is 0. The summed E-state index contributed by atoms with van der Waals surface area (Å²) < 4.78 is 9.56. The molecule has 0 bridgehead atoms. The van der Waals surface area contributed by atoms with E-state index in [0.717, 1.165) is 0 Å². The van der Waals surface area contributed by atoms with Gasteiger partial charge in [0.1, 0.15) is 0 Å². The van der Waals surface area contributed by atoms with E-state index < -0.39 is 11.2 Å². The topological polar surface area (TPSA) is 52.2 Å². The first-order valence-corrected chi connectivity index (χ1v) is 3.97. The van der Waals surface area contributed by atoms with Crippen molar-refractivity contribution in [3.8, 4) is 0 Å². The molecule has 8 heavy (non-hydrogen) atoms. The molecule has 0 unspecified atom stereocenters. The van der Waals surface area contributed by atoms with Crippen molar-refractivity contribution >= 4 is 17.6 Å². The molecular weight excluding hydrogens is 126 g/mol. The fourth-order valence-corrected chi connectivity index (χ4v) is 0. The van der Waals surface area contributed by atoms with Crippen molar-refractivity contribution in [3.63, 3.8) is 0 Å². The van der Waals surface area contributed by atoms with E-state index in [1.165, 1.54) is 0 Å². The van der Waals surface area contributed by atoms with Crippen molar-refractivity contribution < 1.29 is 9.35 Å². The number of rotatable bonds is 1. The number of amides is 1. The van der Waals surface area contributed by atoms with Crippen LogP contribution in [0.4, 0.5) is 0 Å². The van der Waals surface area contributed by atoms with Gasteiger partial charge in [0.2, 0.25) is 6.41 Å². The number of carbonyl (C=O) groups is 1. The fraction of sp³-hybridized carbons (Fsp3) is 0.750. The lowest BCUT2D eigenvalue weighted by molar-refractivity contribution is -0.109. The van der Waals surface area contributed by atoms with Crippen LogP contribution >= 0.6 is 0 Å². The summed E-state index contributed by atoms with van der Waals surface area (Å²) in [4.78, 5) is 9.06. The van der Waals surface area contributed by atoms with Gasteiger partial charge < -0.3 is 9.87 Å². The maximum absolute atomic E-state index is 9.56. The summed E-state index contributed by atoms with van der Waals surface area (Å²) in [7, 11) is 1.56. The molecule has 50 valence electrons. The van der Waals surface area contributed by atoms with Crippen LogP contribution in [0.2, 0.25) is 0 Å². The average Bonchev–Trinajstić information content (AvgIpc) is 1.65. The minimum Gasteiger partial charge on any atom is -0.617 e. The van der Waals surface area contributed by atoms with E-state index in [0.29, 0.717) is 6.41 Å². The molecule has 3 nitrogen and oxygen atoms in total. The monoisotopic (exact) mass is 137 g/mol. The number of carbonyl (C=O) groups excluding carboxylic acids is 1. The Morgan fingerprint density at radius 2 is 1.75 bits per heavy atom.